The van der Waals surface area contributed by atoms with Crippen molar-refractivity contribution in [2.24, 2.45) is 11.8 Å². The maximum atomic E-state index is 14.7. The van der Waals surface area contributed by atoms with E-state index in [1.807, 2.05) is 24.3 Å². The van der Waals surface area contributed by atoms with Crippen LogP contribution in [0.5, 0.6) is 0 Å². The van der Waals surface area contributed by atoms with Crippen molar-refractivity contribution in [2.75, 3.05) is 26.3 Å². The zero-order chi connectivity index (χ0) is 30.6. The van der Waals surface area contributed by atoms with Crippen LogP contribution >= 0.6 is 11.8 Å². The Labute approximate surface area is 257 Å². The Kier molecular flexibility index (Phi) is 9.60. The molecule has 0 aliphatic carbocycles. The third-order valence-electron chi connectivity index (χ3n) is 9.25. The van der Waals surface area contributed by atoms with E-state index in [0.29, 0.717) is 32.2 Å². The molecule has 2 unspecified atom stereocenters. The first-order valence-electron chi connectivity index (χ1n) is 15.4. The quantitative estimate of drug-likeness (QED) is 0.173. The first-order valence-corrected chi connectivity index (χ1v) is 16.2. The number of nitrogens with zero attached hydrogens (tertiary/aromatic N) is 5. The van der Waals surface area contributed by atoms with Crippen molar-refractivity contribution in [3.8, 4) is 0 Å². The van der Waals surface area contributed by atoms with Crippen LogP contribution in [0.2, 0.25) is 0 Å². The van der Waals surface area contributed by atoms with Crippen LogP contribution in [0.4, 0.5) is 0 Å². The number of esters is 1. The number of allylic oxidation sites excluding steroid dienone is 1. The minimum absolute atomic E-state index is 0.130. The number of rotatable bonds is 16. The highest BCUT2D eigenvalue weighted by atomic mass is 32.2. The molecular weight excluding hydrogens is 566 g/mol. The van der Waals surface area contributed by atoms with Gasteiger partial charge in [0.1, 0.15) is 18.2 Å². The highest BCUT2D eigenvalue weighted by Crippen LogP contribution is 2.71. The molecule has 3 aliphatic heterocycles. The fraction of sp³-hybridized carbons (Fsp3) is 0.594. The Bertz CT molecular complexity index is 1360. The average Bonchev–Trinajstić information content (AvgIpc) is 3.70. The van der Waals surface area contributed by atoms with Crippen LogP contribution in [0, 0.1) is 11.8 Å². The summed E-state index contributed by atoms with van der Waals surface area (Å²) in [6.45, 7) is 11.0. The molecule has 3 saturated heterocycles. The molecule has 1 aromatic carbocycles. The number of likely N-dealkylation sites (tertiary alicyclic amines) is 1. The number of fused-ring (bicyclic) bond motifs is 2. The highest BCUT2D eigenvalue weighted by Gasteiger charge is 2.77. The zero-order valence-corrected chi connectivity index (χ0v) is 25.8. The number of ether oxygens (including phenoxy) is 1. The van der Waals surface area contributed by atoms with Crippen LogP contribution in [0.25, 0.3) is 11.0 Å². The van der Waals surface area contributed by atoms with Gasteiger partial charge in [0.2, 0.25) is 11.8 Å². The van der Waals surface area contributed by atoms with Crippen molar-refractivity contribution in [3.63, 3.8) is 0 Å². The van der Waals surface area contributed by atoms with Gasteiger partial charge in [-0.25, -0.2) is 4.68 Å². The summed E-state index contributed by atoms with van der Waals surface area (Å²) in [5, 5.41) is 17.8. The number of thioether (sulfide) groups is 1. The van der Waals surface area contributed by atoms with Crippen molar-refractivity contribution in [2.45, 2.75) is 80.5 Å². The number of hydrogen-bond acceptors (Lipinski definition) is 8. The van der Waals surface area contributed by atoms with E-state index in [9.17, 15) is 19.5 Å². The summed E-state index contributed by atoms with van der Waals surface area (Å²) in [6.07, 6.45) is 9.43. The molecule has 1 N–H and O–H groups in total. The highest BCUT2D eigenvalue weighted by molar-refractivity contribution is 8.02. The first kappa shape index (κ1) is 31.3. The van der Waals surface area contributed by atoms with Gasteiger partial charge in [-0.15, -0.1) is 30.0 Å². The van der Waals surface area contributed by atoms with E-state index in [-0.39, 0.29) is 44.2 Å². The number of benzene rings is 1. The lowest BCUT2D eigenvalue weighted by molar-refractivity contribution is -0.155. The molecule has 3 fully saturated rings. The molecule has 43 heavy (non-hydrogen) atoms. The van der Waals surface area contributed by atoms with E-state index in [0.717, 1.165) is 36.7 Å². The van der Waals surface area contributed by atoms with Gasteiger partial charge in [0, 0.05) is 24.4 Å². The Balaban J connectivity index is 1.46. The molecule has 1 spiro atoms. The lowest BCUT2D eigenvalue weighted by Gasteiger charge is -2.37. The molecule has 0 radical (unpaired) electrons. The van der Waals surface area contributed by atoms with Crippen LogP contribution in [0.15, 0.2) is 49.6 Å². The third kappa shape index (κ3) is 5.73. The molecule has 5 rings (SSSR count). The van der Waals surface area contributed by atoms with Crippen LogP contribution in [-0.2, 0) is 25.8 Å². The summed E-state index contributed by atoms with van der Waals surface area (Å²) in [6, 6.07) is 6.87. The SMILES string of the molecule is C=CCCCOC(=O)[C@@H]1[C@H]2C(=O)N(CCCCCCO)C(C(=O)N(CC=C)Cn3nnc4ccccc43)C23CC[C@@]1(C)S3. The first-order chi connectivity index (χ1) is 20.8. The normalized spacial score (nSPS) is 27.4. The predicted octanol–water partition coefficient (Wildman–Crippen LogP) is 3.95. The number of unbranched alkanes of at least 4 members (excludes halogenated alkanes) is 4. The largest absolute Gasteiger partial charge is 0.465 e. The molecule has 2 aromatic rings. The topological polar surface area (TPSA) is 118 Å². The standard InChI is InChI=1S/C32H43N5O5S/c1-4-6-13-21-42-30(41)26-25-28(39)36(19-11-7-8-12-20-38)27(32(25)17-16-31(26,3)43-32)29(40)35(18-5-2)22-37-24-15-10-9-14-23(24)33-34-37/h4-5,9-10,14-15,25-27,38H,1-2,6-8,11-13,16-22H2,3H3/t25-,26-,27?,31+,32?/m0/s1. The maximum absolute atomic E-state index is 14.7. The minimum atomic E-state index is -0.720. The second kappa shape index (κ2) is 13.2. The average molecular weight is 610 g/mol. The molecule has 3 aliphatic rings. The van der Waals surface area contributed by atoms with Gasteiger partial charge in [0.25, 0.3) is 0 Å². The van der Waals surface area contributed by atoms with Crippen molar-refractivity contribution in [1.29, 1.82) is 0 Å². The number of hydrogen-bond donors (Lipinski definition) is 1. The van der Waals surface area contributed by atoms with E-state index in [4.69, 9.17) is 4.74 Å². The smallest absolute Gasteiger partial charge is 0.311 e. The third-order valence-corrected chi connectivity index (χ3v) is 11.2. The molecule has 5 atom stereocenters. The van der Waals surface area contributed by atoms with Crippen molar-refractivity contribution in [1.82, 2.24) is 24.8 Å². The van der Waals surface area contributed by atoms with Crippen LogP contribution < -0.4 is 0 Å². The number of aromatic nitrogens is 3. The number of aliphatic hydroxyl groups is 1. The van der Waals surface area contributed by atoms with Crippen molar-refractivity contribution in [3.05, 3.63) is 49.6 Å². The van der Waals surface area contributed by atoms with E-state index >= 15 is 0 Å². The van der Waals surface area contributed by atoms with Gasteiger partial charge in [-0.1, -0.05) is 42.3 Å². The van der Waals surface area contributed by atoms with Gasteiger partial charge in [-0.2, -0.15) is 0 Å². The second-order valence-corrected chi connectivity index (χ2v) is 14.0. The van der Waals surface area contributed by atoms with E-state index in [1.54, 1.807) is 38.4 Å². The summed E-state index contributed by atoms with van der Waals surface area (Å²) in [4.78, 5) is 46.1. The molecule has 2 bridgehead atoms. The van der Waals surface area contributed by atoms with E-state index < -0.39 is 27.4 Å². The molecule has 10 nitrogen and oxygen atoms in total. The van der Waals surface area contributed by atoms with Gasteiger partial charge in [-0.05, 0) is 57.6 Å². The molecule has 1 aromatic heterocycles. The molecule has 232 valence electrons. The van der Waals surface area contributed by atoms with E-state index in [2.05, 4.69) is 30.4 Å². The predicted molar refractivity (Wildman–Crippen MR) is 166 cm³/mol. The zero-order valence-electron chi connectivity index (χ0n) is 25.0. The summed E-state index contributed by atoms with van der Waals surface area (Å²) < 4.78 is 6.23. The van der Waals surface area contributed by atoms with Gasteiger partial charge < -0.3 is 19.6 Å². The van der Waals surface area contributed by atoms with Crippen LogP contribution in [0.3, 0.4) is 0 Å². The fourth-order valence-corrected chi connectivity index (χ4v) is 9.61. The summed E-state index contributed by atoms with van der Waals surface area (Å²) in [5.41, 5.74) is 1.55. The minimum Gasteiger partial charge on any atom is -0.465 e. The monoisotopic (exact) mass is 609 g/mol. The van der Waals surface area contributed by atoms with Crippen LogP contribution in [0.1, 0.15) is 58.3 Å². The van der Waals surface area contributed by atoms with Gasteiger partial charge in [-0.3, -0.25) is 14.4 Å². The lowest BCUT2D eigenvalue weighted by Crippen LogP contribution is -2.55. The fourth-order valence-electron chi connectivity index (χ4n) is 7.27. The summed E-state index contributed by atoms with van der Waals surface area (Å²) in [5.74, 6) is -1.86. The molecule has 2 amide bonds. The number of carbonyl (C=O) groups is 3. The van der Waals surface area contributed by atoms with Gasteiger partial charge >= 0.3 is 5.97 Å². The maximum Gasteiger partial charge on any atom is 0.311 e. The Hall–Kier alpha value is -3.18. The number of amides is 2. The second-order valence-electron chi connectivity index (χ2n) is 12.1. The Morgan fingerprint density at radius 2 is 1.95 bits per heavy atom. The molecule has 0 saturated carbocycles. The number of para-hydroxylation sites is 1. The molecular formula is C32H43N5O5S. The lowest BCUT2D eigenvalue weighted by atomic mass is 9.66. The van der Waals surface area contributed by atoms with Crippen molar-refractivity contribution >= 4 is 40.6 Å². The van der Waals surface area contributed by atoms with Crippen molar-refractivity contribution < 1.29 is 24.2 Å². The number of carbonyl (C=O) groups excluding carboxylic acids is 3. The van der Waals surface area contributed by atoms with Gasteiger partial charge in [0.15, 0.2) is 0 Å². The Morgan fingerprint density at radius 1 is 1.16 bits per heavy atom. The van der Waals surface area contributed by atoms with Gasteiger partial charge in [0.05, 0.1) is 28.7 Å². The summed E-state index contributed by atoms with van der Waals surface area (Å²) >= 11 is 1.65. The van der Waals surface area contributed by atoms with E-state index in [1.165, 1.54) is 0 Å². The Morgan fingerprint density at radius 3 is 2.72 bits per heavy atom. The van der Waals surface area contributed by atoms with Crippen LogP contribution in [-0.4, -0.2) is 89.5 Å². The summed E-state index contributed by atoms with van der Waals surface area (Å²) in [7, 11) is 0. The molecule has 11 heteroatoms. The number of aliphatic hydroxyl groups excluding tert-OH is 1. The molecule has 4 heterocycles.